The second-order valence-corrected chi connectivity index (χ2v) is 7.98. The Kier molecular flexibility index (Phi) is 6.47. The lowest BCUT2D eigenvalue weighted by Gasteiger charge is -2.21. The van der Waals surface area contributed by atoms with Crippen molar-refractivity contribution < 1.29 is 4.79 Å². The molecular weight excluding hydrogens is 402 g/mol. The van der Waals surface area contributed by atoms with Crippen molar-refractivity contribution in [2.24, 2.45) is 0 Å². The van der Waals surface area contributed by atoms with Crippen molar-refractivity contribution in [1.82, 2.24) is 19.7 Å². The van der Waals surface area contributed by atoms with Gasteiger partial charge in [-0.1, -0.05) is 31.0 Å². The molecule has 0 spiro atoms. The Morgan fingerprint density at radius 2 is 2.12 bits per heavy atom. The average molecular weight is 424 g/mol. The quantitative estimate of drug-likeness (QED) is 0.703. The standard InChI is InChI=1S/C17H22BrN5OS/c1-2-23-16(12-6-4-3-5-7-12)21-22-17(23)25-11-15(24)20-14-9-8-13(18)10-19-14/h8-10,12H,2-7,11H2,1H3,(H,19,20,24). The number of thioether (sulfide) groups is 1. The van der Waals surface area contributed by atoms with Gasteiger partial charge in [-0.3, -0.25) is 4.79 Å². The molecule has 2 aromatic heterocycles. The van der Waals surface area contributed by atoms with Crippen LogP contribution in [0.25, 0.3) is 0 Å². The van der Waals surface area contributed by atoms with Gasteiger partial charge < -0.3 is 9.88 Å². The molecule has 0 bridgehead atoms. The third-order valence-corrected chi connectivity index (χ3v) is 5.80. The van der Waals surface area contributed by atoms with E-state index in [1.807, 2.05) is 6.07 Å². The molecule has 0 atom stereocenters. The van der Waals surface area contributed by atoms with Gasteiger partial charge in [-0.2, -0.15) is 0 Å². The fraction of sp³-hybridized carbons (Fsp3) is 0.529. The van der Waals surface area contributed by atoms with Crippen LogP contribution < -0.4 is 5.32 Å². The van der Waals surface area contributed by atoms with Crippen molar-refractivity contribution in [1.29, 1.82) is 0 Å². The Bertz CT molecular complexity index is 712. The molecule has 2 heterocycles. The van der Waals surface area contributed by atoms with Crippen LogP contribution in [0.4, 0.5) is 5.82 Å². The van der Waals surface area contributed by atoms with Gasteiger partial charge in [0.25, 0.3) is 0 Å². The number of carbonyl (C=O) groups is 1. The second kappa shape index (κ2) is 8.80. The van der Waals surface area contributed by atoms with Gasteiger partial charge in [0.1, 0.15) is 11.6 Å². The highest BCUT2D eigenvalue weighted by molar-refractivity contribution is 9.10. The van der Waals surface area contributed by atoms with E-state index in [1.165, 1.54) is 43.9 Å². The summed E-state index contributed by atoms with van der Waals surface area (Å²) in [6.45, 7) is 2.93. The first-order chi connectivity index (χ1) is 12.2. The van der Waals surface area contributed by atoms with Crippen LogP contribution in [-0.2, 0) is 11.3 Å². The molecule has 0 unspecified atom stereocenters. The minimum Gasteiger partial charge on any atom is -0.310 e. The predicted octanol–water partition coefficient (Wildman–Crippen LogP) is 4.23. The first kappa shape index (κ1) is 18.4. The van der Waals surface area contributed by atoms with E-state index in [4.69, 9.17) is 0 Å². The lowest BCUT2D eigenvalue weighted by molar-refractivity contribution is -0.113. The molecule has 1 saturated carbocycles. The molecule has 1 N–H and O–H groups in total. The summed E-state index contributed by atoms with van der Waals surface area (Å²) in [6, 6.07) is 3.61. The summed E-state index contributed by atoms with van der Waals surface area (Å²) in [5.41, 5.74) is 0. The number of hydrogen-bond donors (Lipinski definition) is 1. The Labute approximate surface area is 160 Å². The van der Waals surface area contributed by atoms with Crippen LogP contribution in [0.3, 0.4) is 0 Å². The van der Waals surface area contributed by atoms with E-state index in [9.17, 15) is 4.79 Å². The first-order valence-electron chi connectivity index (χ1n) is 8.64. The van der Waals surface area contributed by atoms with Crippen molar-refractivity contribution >= 4 is 39.4 Å². The predicted molar refractivity (Wildman–Crippen MR) is 103 cm³/mol. The van der Waals surface area contributed by atoms with Crippen LogP contribution in [0.15, 0.2) is 28.0 Å². The summed E-state index contributed by atoms with van der Waals surface area (Å²) in [7, 11) is 0. The molecular formula is C17H22BrN5OS. The summed E-state index contributed by atoms with van der Waals surface area (Å²) in [4.78, 5) is 16.3. The molecule has 1 amide bonds. The molecule has 6 nitrogen and oxygen atoms in total. The number of carbonyl (C=O) groups excluding carboxylic acids is 1. The van der Waals surface area contributed by atoms with Gasteiger partial charge in [0.15, 0.2) is 5.16 Å². The monoisotopic (exact) mass is 423 g/mol. The maximum atomic E-state index is 12.1. The molecule has 0 aliphatic heterocycles. The molecule has 25 heavy (non-hydrogen) atoms. The van der Waals surface area contributed by atoms with E-state index in [1.54, 1.807) is 12.3 Å². The molecule has 0 radical (unpaired) electrons. The molecule has 134 valence electrons. The van der Waals surface area contributed by atoms with E-state index in [2.05, 4.69) is 47.9 Å². The zero-order valence-electron chi connectivity index (χ0n) is 14.2. The van der Waals surface area contributed by atoms with Crippen LogP contribution in [0.2, 0.25) is 0 Å². The Balaban J connectivity index is 1.59. The van der Waals surface area contributed by atoms with Gasteiger partial charge in [0.2, 0.25) is 5.91 Å². The molecule has 1 aliphatic rings. The first-order valence-corrected chi connectivity index (χ1v) is 10.4. The van der Waals surface area contributed by atoms with Crippen LogP contribution in [0.5, 0.6) is 0 Å². The number of amides is 1. The maximum Gasteiger partial charge on any atom is 0.236 e. The SMILES string of the molecule is CCn1c(SCC(=O)Nc2ccc(Br)cn2)nnc1C1CCCCC1. The van der Waals surface area contributed by atoms with Crippen LogP contribution in [0, 0.1) is 0 Å². The maximum absolute atomic E-state index is 12.1. The van der Waals surface area contributed by atoms with E-state index < -0.39 is 0 Å². The zero-order valence-corrected chi connectivity index (χ0v) is 16.6. The molecule has 2 aromatic rings. The number of pyridine rings is 1. The van der Waals surface area contributed by atoms with Gasteiger partial charge in [0.05, 0.1) is 5.75 Å². The summed E-state index contributed by atoms with van der Waals surface area (Å²) >= 11 is 4.75. The lowest BCUT2D eigenvalue weighted by Crippen LogP contribution is -2.16. The van der Waals surface area contributed by atoms with Crippen molar-refractivity contribution in [2.45, 2.75) is 56.6 Å². The van der Waals surface area contributed by atoms with Gasteiger partial charge in [0, 0.05) is 23.1 Å². The van der Waals surface area contributed by atoms with Crippen molar-refractivity contribution in [2.75, 3.05) is 11.1 Å². The summed E-state index contributed by atoms with van der Waals surface area (Å²) < 4.78 is 3.04. The summed E-state index contributed by atoms with van der Waals surface area (Å²) in [5.74, 6) is 2.34. The summed E-state index contributed by atoms with van der Waals surface area (Å²) in [6.07, 6.45) is 7.91. The third-order valence-electron chi connectivity index (χ3n) is 4.36. The second-order valence-electron chi connectivity index (χ2n) is 6.12. The molecule has 3 rings (SSSR count). The minimum absolute atomic E-state index is 0.0929. The minimum atomic E-state index is -0.0929. The number of anilines is 1. The number of halogens is 1. The van der Waals surface area contributed by atoms with Crippen molar-refractivity contribution in [3.8, 4) is 0 Å². The fourth-order valence-electron chi connectivity index (χ4n) is 3.13. The highest BCUT2D eigenvalue weighted by Crippen LogP contribution is 2.33. The van der Waals surface area contributed by atoms with Crippen molar-refractivity contribution in [3.63, 3.8) is 0 Å². The zero-order chi connectivity index (χ0) is 17.6. The Hall–Kier alpha value is -1.41. The third kappa shape index (κ3) is 4.82. The molecule has 0 aromatic carbocycles. The highest BCUT2D eigenvalue weighted by Gasteiger charge is 2.23. The van der Waals surface area contributed by atoms with E-state index in [-0.39, 0.29) is 5.91 Å². The van der Waals surface area contributed by atoms with Crippen LogP contribution in [-0.4, -0.2) is 31.4 Å². The van der Waals surface area contributed by atoms with Gasteiger partial charge >= 0.3 is 0 Å². The number of hydrogen-bond acceptors (Lipinski definition) is 5. The molecule has 8 heteroatoms. The van der Waals surface area contributed by atoms with Gasteiger partial charge in [-0.15, -0.1) is 10.2 Å². The van der Waals surface area contributed by atoms with E-state index >= 15 is 0 Å². The number of rotatable bonds is 6. The van der Waals surface area contributed by atoms with E-state index in [0.717, 1.165) is 22.0 Å². The van der Waals surface area contributed by atoms with Crippen molar-refractivity contribution in [3.05, 3.63) is 28.6 Å². The van der Waals surface area contributed by atoms with Gasteiger partial charge in [-0.05, 0) is 47.8 Å². The van der Waals surface area contributed by atoms with E-state index in [0.29, 0.717) is 17.5 Å². The van der Waals surface area contributed by atoms with Crippen LogP contribution >= 0.6 is 27.7 Å². The van der Waals surface area contributed by atoms with Crippen LogP contribution in [0.1, 0.15) is 50.8 Å². The Morgan fingerprint density at radius 1 is 1.32 bits per heavy atom. The topological polar surface area (TPSA) is 72.7 Å². The fourth-order valence-corrected chi connectivity index (χ4v) is 4.17. The summed E-state index contributed by atoms with van der Waals surface area (Å²) in [5, 5.41) is 12.4. The van der Waals surface area contributed by atoms with Gasteiger partial charge in [-0.25, -0.2) is 4.98 Å². The Morgan fingerprint density at radius 3 is 2.80 bits per heavy atom. The molecule has 1 fully saturated rings. The number of nitrogens with zero attached hydrogens (tertiary/aromatic N) is 4. The smallest absolute Gasteiger partial charge is 0.236 e. The number of nitrogens with one attached hydrogen (secondary N) is 1. The lowest BCUT2D eigenvalue weighted by atomic mass is 9.89. The number of aromatic nitrogens is 4. The largest absolute Gasteiger partial charge is 0.310 e. The molecule has 1 aliphatic carbocycles. The average Bonchev–Trinajstić information content (AvgIpc) is 3.05. The normalized spacial score (nSPS) is 15.3. The molecule has 0 saturated heterocycles. The highest BCUT2D eigenvalue weighted by atomic mass is 79.9.